The monoisotopic (exact) mass is 472 g/mol. The third-order valence-corrected chi connectivity index (χ3v) is 8.58. The van der Waals surface area contributed by atoms with Gasteiger partial charge in [-0.3, -0.25) is 4.79 Å². The third-order valence-electron chi connectivity index (χ3n) is 5.71. The van der Waals surface area contributed by atoms with Crippen LogP contribution in [-0.2, 0) is 21.4 Å². The van der Waals surface area contributed by atoms with Gasteiger partial charge in [-0.1, -0.05) is 36.4 Å². The number of amides is 1. The molecular formula is C23H28N4O3S2. The Kier molecular flexibility index (Phi) is 6.88. The lowest BCUT2D eigenvalue weighted by Gasteiger charge is -2.25. The summed E-state index contributed by atoms with van der Waals surface area (Å²) in [4.78, 5) is 17.4. The van der Waals surface area contributed by atoms with Crippen molar-refractivity contribution < 1.29 is 13.2 Å². The standard InChI is InChI=1S/C23H28N4O3S2/c1-3-27-21-12-11-18(32(29,30)26-13-7-4-8-14-26)15-20(21)25-23(27)31-16-22(28)24-19-10-6-5-9-17(19)2/h5-6,9-12,15H,3-4,7-8,13-14,16H2,1-2H3,(H,24,28). The van der Waals surface area contributed by atoms with E-state index in [2.05, 4.69) is 10.3 Å². The Morgan fingerprint density at radius 2 is 1.88 bits per heavy atom. The van der Waals surface area contributed by atoms with Crippen molar-refractivity contribution in [3.05, 3.63) is 48.0 Å². The molecule has 2 aromatic carbocycles. The van der Waals surface area contributed by atoms with Crippen LogP contribution in [0.4, 0.5) is 5.69 Å². The average molecular weight is 473 g/mol. The minimum atomic E-state index is -3.52. The van der Waals surface area contributed by atoms with Crippen molar-refractivity contribution in [2.24, 2.45) is 0 Å². The smallest absolute Gasteiger partial charge is 0.243 e. The normalized spacial score (nSPS) is 15.2. The largest absolute Gasteiger partial charge is 0.325 e. The molecule has 0 radical (unpaired) electrons. The number of hydrogen-bond acceptors (Lipinski definition) is 5. The van der Waals surface area contributed by atoms with Crippen molar-refractivity contribution in [3.8, 4) is 0 Å². The van der Waals surface area contributed by atoms with Gasteiger partial charge in [0.15, 0.2) is 5.16 Å². The SMILES string of the molecule is CCn1c(SCC(=O)Nc2ccccc2C)nc2cc(S(=O)(=O)N3CCCCC3)ccc21. The molecule has 0 aliphatic carbocycles. The summed E-state index contributed by atoms with van der Waals surface area (Å²) in [6.45, 7) is 5.78. The first-order valence-electron chi connectivity index (χ1n) is 10.9. The predicted molar refractivity (Wildman–Crippen MR) is 129 cm³/mol. The van der Waals surface area contributed by atoms with E-state index in [0.717, 1.165) is 36.0 Å². The summed E-state index contributed by atoms with van der Waals surface area (Å²) in [7, 11) is -3.52. The number of carbonyl (C=O) groups excluding carboxylic acids is 1. The Hall–Kier alpha value is -2.36. The van der Waals surface area contributed by atoms with Gasteiger partial charge >= 0.3 is 0 Å². The van der Waals surface area contributed by atoms with Gasteiger partial charge in [-0.15, -0.1) is 0 Å². The van der Waals surface area contributed by atoms with E-state index < -0.39 is 10.0 Å². The zero-order chi connectivity index (χ0) is 22.7. The number of sulfonamides is 1. The minimum Gasteiger partial charge on any atom is -0.325 e. The molecule has 1 aliphatic heterocycles. The lowest BCUT2D eigenvalue weighted by atomic mass is 10.2. The summed E-state index contributed by atoms with van der Waals surface area (Å²) in [6, 6.07) is 12.8. The van der Waals surface area contributed by atoms with Gasteiger partial charge in [-0.2, -0.15) is 4.31 Å². The van der Waals surface area contributed by atoms with Gasteiger partial charge in [0, 0.05) is 25.3 Å². The van der Waals surface area contributed by atoms with Gasteiger partial charge in [0.25, 0.3) is 0 Å². The maximum atomic E-state index is 13.0. The molecule has 1 fully saturated rings. The molecule has 4 rings (SSSR count). The number of anilines is 1. The van der Waals surface area contributed by atoms with Gasteiger partial charge in [0.05, 0.1) is 21.7 Å². The van der Waals surface area contributed by atoms with Crippen LogP contribution in [0.5, 0.6) is 0 Å². The van der Waals surface area contributed by atoms with Crippen LogP contribution in [0.2, 0.25) is 0 Å². The van der Waals surface area contributed by atoms with E-state index in [1.807, 2.05) is 48.7 Å². The Morgan fingerprint density at radius 1 is 1.12 bits per heavy atom. The number of benzene rings is 2. The molecule has 1 aliphatic rings. The molecule has 0 bridgehead atoms. The number of para-hydroxylation sites is 1. The van der Waals surface area contributed by atoms with Crippen LogP contribution in [0, 0.1) is 6.92 Å². The molecule has 0 saturated carbocycles. The van der Waals surface area contributed by atoms with Gasteiger partial charge in [-0.25, -0.2) is 13.4 Å². The Balaban J connectivity index is 1.53. The number of hydrogen-bond donors (Lipinski definition) is 1. The molecule has 1 N–H and O–H groups in total. The number of thioether (sulfide) groups is 1. The molecule has 170 valence electrons. The Bertz CT molecular complexity index is 1230. The zero-order valence-corrected chi connectivity index (χ0v) is 20.0. The summed E-state index contributed by atoms with van der Waals surface area (Å²) in [5.74, 6) is 0.115. The molecule has 0 unspecified atom stereocenters. The van der Waals surface area contributed by atoms with E-state index in [-0.39, 0.29) is 16.6 Å². The van der Waals surface area contributed by atoms with Crippen LogP contribution in [0.25, 0.3) is 11.0 Å². The Labute approximate surface area is 193 Å². The van der Waals surface area contributed by atoms with Crippen LogP contribution >= 0.6 is 11.8 Å². The number of nitrogens with one attached hydrogen (secondary N) is 1. The maximum Gasteiger partial charge on any atom is 0.243 e. The number of aryl methyl sites for hydroxylation is 2. The van der Waals surface area contributed by atoms with Crippen molar-refractivity contribution in [3.63, 3.8) is 0 Å². The number of aromatic nitrogens is 2. The highest BCUT2D eigenvalue weighted by atomic mass is 32.2. The zero-order valence-electron chi connectivity index (χ0n) is 18.4. The summed E-state index contributed by atoms with van der Waals surface area (Å²) in [5.41, 5.74) is 3.31. The second-order valence-electron chi connectivity index (χ2n) is 7.91. The molecule has 7 nitrogen and oxygen atoms in total. The van der Waals surface area contributed by atoms with Gasteiger partial charge in [0.2, 0.25) is 15.9 Å². The average Bonchev–Trinajstić information content (AvgIpc) is 3.16. The molecule has 1 aromatic heterocycles. The van der Waals surface area contributed by atoms with Crippen LogP contribution in [0.3, 0.4) is 0 Å². The van der Waals surface area contributed by atoms with Crippen LogP contribution in [0.1, 0.15) is 31.7 Å². The molecule has 0 spiro atoms. The lowest BCUT2D eigenvalue weighted by molar-refractivity contribution is -0.113. The fourth-order valence-electron chi connectivity index (χ4n) is 3.95. The maximum absolute atomic E-state index is 13.0. The second-order valence-corrected chi connectivity index (χ2v) is 10.8. The van der Waals surface area contributed by atoms with E-state index in [0.29, 0.717) is 30.3 Å². The topological polar surface area (TPSA) is 84.3 Å². The highest BCUT2D eigenvalue weighted by molar-refractivity contribution is 7.99. The highest BCUT2D eigenvalue weighted by Gasteiger charge is 2.26. The van der Waals surface area contributed by atoms with Crippen molar-refractivity contribution in [2.75, 3.05) is 24.2 Å². The van der Waals surface area contributed by atoms with E-state index in [1.54, 1.807) is 16.4 Å². The van der Waals surface area contributed by atoms with E-state index in [4.69, 9.17) is 0 Å². The van der Waals surface area contributed by atoms with Crippen molar-refractivity contribution >= 4 is 44.4 Å². The van der Waals surface area contributed by atoms with Gasteiger partial charge < -0.3 is 9.88 Å². The number of carbonyl (C=O) groups is 1. The van der Waals surface area contributed by atoms with Crippen molar-refractivity contribution in [1.29, 1.82) is 0 Å². The summed E-state index contributed by atoms with van der Waals surface area (Å²) >= 11 is 1.35. The number of piperidine rings is 1. The molecule has 9 heteroatoms. The quantitative estimate of drug-likeness (QED) is 0.519. The van der Waals surface area contributed by atoms with Crippen LogP contribution in [-0.4, -0.2) is 47.0 Å². The summed E-state index contributed by atoms with van der Waals surface area (Å²) in [6.07, 6.45) is 2.87. The number of rotatable bonds is 7. The molecule has 1 saturated heterocycles. The first-order valence-corrected chi connectivity index (χ1v) is 13.3. The number of nitrogens with zero attached hydrogens (tertiary/aromatic N) is 3. The fraction of sp³-hybridized carbons (Fsp3) is 0.391. The van der Waals surface area contributed by atoms with Crippen LogP contribution in [0.15, 0.2) is 52.5 Å². The predicted octanol–water partition coefficient (Wildman–Crippen LogP) is 4.27. The van der Waals surface area contributed by atoms with E-state index in [1.165, 1.54) is 11.8 Å². The molecular weight excluding hydrogens is 444 g/mol. The lowest BCUT2D eigenvalue weighted by Crippen LogP contribution is -2.35. The first kappa shape index (κ1) is 22.8. The van der Waals surface area contributed by atoms with Gasteiger partial charge in [-0.05, 0) is 56.5 Å². The summed E-state index contributed by atoms with van der Waals surface area (Å²) in [5, 5.41) is 3.64. The first-order chi connectivity index (χ1) is 15.4. The minimum absolute atomic E-state index is 0.104. The molecule has 2 heterocycles. The molecule has 3 aromatic rings. The highest BCUT2D eigenvalue weighted by Crippen LogP contribution is 2.28. The van der Waals surface area contributed by atoms with E-state index in [9.17, 15) is 13.2 Å². The van der Waals surface area contributed by atoms with Crippen LogP contribution < -0.4 is 5.32 Å². The molecule has 32 heavy (non-hydrogen) atoms. The Morgan fingerprint density at radius 3 is 2.59 bits per heavy atom. The van der Waals surface area contributed by atoms with Crippen molar-refractivity contribution in [2.45, 2.75) is 49.7 Å². The molecule has 0 atom stereocenters. The third kappa shape index (κ3) is 4.69. The fourth-order valence-corrected chi connectivity index (χ4v) is 6.36. The summed E-state index contributed by atoms with van der Waals surface area (Å²) < 4.78 is 29.7. The van der Waals surface area contributed by atoms with Gasteiger partial charge in [0.1, 0.15) is 0 Å². The van der Waals surface area contributed by atoms with E-state index >= 15 is 0 Å². The second kappa shape index (κ2) is 9.64. The molecule has 1 amide bonds. The number of fused-ring (bicyclic) bond motifs is 1. The number of imidazole rings is 1. The van der Waals surface area contributed by atoms with Crippen molar-refractivity contribution in [1.82, 2.24) is 13.9 Å².